The van der Waals surface area contributed by atoms with Crippen molar-refractivity contribution in [2.75, 3.05) is 27.2 Å². The Morgan fingerprint density at radius 3 is 2.90 bits per heavy atom. The van der Waals surface area contributed by atoms with Crippen molar-refractivity contribution in [3.63, 3.8) is 0 Å². The number of ether oxygens (including phenoxy) is 2. The second-order valence-electron chi connectivity index (χ2n) is 10.2. The van der Waals surface area contributed by atoms with Crippen molar-refractivity contribution in [3.8, 4) is 0 Å². The molecule has 2 aliphatic heterocycles. The van der Waals surface area contributed by atoms with E-state index in [1.807, 2.05) is 7.11 Å². The molecular formula is C22H36N2O5. The molecule has 2 heterocycles. The molecule has 9 atom stereocenters. The van der Waals surface area contributed by atoms with Crippen LogP contribution in [0.2, 0.25) is 0 Å². The van der Waals surface area contributed by atoms with Crippen molar-refractivity contribution in [2.45, 2.75) is 87.4 Å². The summed E-state index contributed by atoms with van der Waals surface area (Å²) in [5, 5.41) is 23.4. The number of aliphatic hydroxyl groups is 1. The number of carboxylic acid groups (broad SMARTS) is 1. The number of piperidine rings is 1. The molecule has 0 radical (unpaired) electrons. The van der Waals surface area contributed by atoms with Gasteiger partial charge in [0.05, 0.1) is 23.9 Å². The van der Waals surface area contributed by atoms with Crippen LogP contribution in [-0.4, -0.2) is 84.3 Å². The molecule has 1 spiro atoms. The molecule has 29 heavy (non-hydrogen) atoms. The number of carbonyl (C=O) groups is 1. The first-order chi connectivity index (χ1) is 13.9. The van der Waals surface area contributed by atoms with Gasteiger partial charge in [0.15, 0.2) is 0 Å². The highest BCUT2D eigenvalue weighted by molar-refractivity contribution is 5.66. The molecule has 3 aliphatic carbocycles. The molecule has 5 rings (SSSR count). The molecule has 3 N–H and O–H groups in total. The van der Waals surface area contributed by atoms with E-state index >= 15 is 0 Å². The van der Waals surface area contributed by atoms with E-state index in [-0.39, 0.29) is 41.8 Å². The molecule has 0 amide bonds. The largest absolute Gasteiger partial charge is 0.481 e. The molecule has 0 aromatic carbocycles. The Bertz CT molecular complexity index is 661. The number of likely N-dealkylation sites (N-methyl/N-ethyl adjacent to an activating group) is 1. The van der Waals surface area contributed by atoms with Gasteiger partial charge in [-0.1, -0.05) is 0 Å². The molecule has 7 heteroatoms. The van der Waals surface area contributed by atoms with Gasteiger partial charge < -0.3 is 29.9 Å². The van der Waals surface area contributed by atoms with Crippen molar-refractivity contribution >= 4 is 5.97 Å². The SMILES string of the molecule is CO[C@]12CC[C@H](NCCCC(=O)O)[C@@H]3OC4C(O)CCC5CC1N(C)CC[C@]32C54. The Kier molecular flexibility index (Phi) is 4.98. The van der Waals surface area contributed by atoms with Crippen LogP contribution in [0.1, 0.15) is 51.4 Å². The summed E-state index contributed by atoms with van der Waals surface area (Å²) < 4.78 is 13.3. The van der Waals surface area contributed by atoms with E-state index in [1.54, 1.807) is 0 Å². The lowest BCUT2D eigenvalue weighted by atomic mass is 9.42. The normalized spacial score (nSPS) is 50.9. The summed E-state index contributed by atoms with van der Waals surface area (Å²) in [5.74, 6) is 0.215. The standard InChI is InChI=1S/C22H36N2O5/c1-24-11-9-21-18-13-5-6-15(25)19(18)29-20(21)14(23-10-3-4-17(26)27)7-8-22(21,28-2)16(24)12-13/h13-16,18-20,23,25H,3-12H2,1-2H3,(H,26,27)/t13?,14-,15?,16?,18?,19?,20-,21-,22+/m0/s1. The van der Waals surface area contributed by atoms with Crippen LogP contribution in [0, 0.1) is 17.3 Å². The van der Waals surface area contributed by atoms with Crippen molar-refractivity contribution < 1.29 is 24.5 Å². The third-order valence-electron chi connectivity index (χ3n) is 9.27. The van der Waals surface area contributed by atoms with Crippen LogP contribution in [0.4, 0.5) is 0 Å². The van der Waals surface area contributed by atoms with Crippen molar-refractivity contribution in [2.24, 2.45) is 17.3 Å². The fourth-order valence-corrected chi connectivity index (χ4v) is 8.29. The number of carboxylic acids is 1. The topological polar surface area (TPSA) is 91.3 Å². The maximum absolute atomic E-state index is 10.9. The minimum atomic E-state index is -0.744. The molecule has 164 valence electrons. The number of rotatable bonds is 6. The molecule has 5 fully saturated rings. The maximum atomic E-state index is 10.9. The smallest absolute Gasteiger partial charge is 0.303 e. The van der Waals surface area contributed by atoms with Crippen molar-refractivity contribution in [3.05, 3.63) is 0 Å². The molecule has 0 aromatic heterocycles. The van der Waals surface area contributed by atoms with E-state index in [0.717, 1.165) is 45.1 Å². The Balaban J connectivity index is 1.49. The summed E-state index contributed by atoms with van der Waals surface area (Å²) in [4.78, 5) is 13.4. The van der Waals surface area contributed by atoms with Gasteiger partial charge in [-0.2, -0.15) is 0 Å². The van der Waals surface area contributed by atoms with Crippen LogP contribution in [0.3, 0.4) is 0 Å². The number of hydrogen-bond acceptors (Lipinski definition) is 6. The number of aliphatic hydroxyl groups excluding tert-OH is 1. The fraction of sp³-hybridized carbons (Fsp3) is 0.955. The van der Waals surface area contributed by atoms with Gasteiger partial charge in [-0.3, -0.25) is 4.79 Å². The third-order valence-corrected chi connectivity index (χ3v) is 9.27. The lowest BCUT2D eigenvalue weighted by Gasteiger charge is -2.69. The lowest BCUT2D eigenvalue weighted by Crippen LogP contribution is -2.78. The van der Waals surface area contributed by atoms with Gasteiger partial charge >= 0.3 is 5.97 Å². The first-order valence-electron chi connectivity index (χ1n) is 11.5. The van der Waals surface area contributed by atoms with E-state index in [9.17, 15) is 9.90 Å². The third kappa shape index (κ3) is 2.64. The average molecular weight is 409 g/mol. The van der Waals surface area contributed by atoms with E-state index in [2.05, 4.69) is 17.3 Å². The van der Waals surface area contributed by atoms with Gasteiger partial charge in [-0.05, 0) is 71.0 Å². The predicted molar refractivity (Wildman–Crippen MR) is 107 cm³/mol. The lowest BCUT2D eigenvalue weighted by molar-refractivity contribution is -0.269. The summed E-state index contributed by atoms with van der Waals surface area (Å²) in [6, 6.07) is 0.614. The van der Waals surface area contributed by atoms with Crippen LogP contribution in [0.5, 0.6) is 0 Å². The Hall–Kier alpha value is -0.730. The van der Waals surface area contributed by atoms with Crippen LogP contribution >= 0.6 is 0 Å². The second-order valence-corrected chi connectivity index (χ2v) is 10.2. The van der Waals surface area contributed by atoms with Gasteiger partial charge in [0, 0.05) is 36.9 Å². The van der Waals surface area contributed by atoms with Crippen LogP contribution in [-0.2, 0) is 14.3 Å². The summed E-state index contributed by atoms with van der Waals surface area (Å²) >= 11 is 0. The Morgan fingerprint density at radius 1 is 1.31 bits per heavy atom. The predicted octanol–water partition coefficient (Wildman–Crippen LogP) is 1.24. The number of aliphatic carboxylic acids is 1. The first kappa shape index (κ1) is 20.2. The molecular weight excluding hydrogens is 372 g/mol. The Labute approximate surface area is 173 Å². The first-order valence-corrected chi connectivity index (χ1v) is 11.5. The number of likely N-dealkylation sites (tertiary alicyclic amines) is 1. The highest BCUT2D eigenvalue weighted by Gasteiger charge is 2.77. The molecule has 5 aliphatic rings. The summed E-state index contributed by atoms with van der Waals surface area (Å²) in [6.45, 7) is 1.74. The van der Waals surface area contributed by atoms with E-state index in [4.69, 9.17) is 14.6 Å². The number of hydrogen-bond donors (Lipinski definition) is 3. The highest BCUT2D eigenvalue weighted by atomic mass is 16.5. The van der Waals surface area contributed by atoms with Crippen molar-refractivity contribution in [1.82, 2.24) is 10.2 Å². The molecule has 3 saturated carbocycles. The second kappa shape index (κ2) is 7.16. The van der Waals surface area contributed by atoms with Crippen LogP contribution in [0.25, 0.3) is 0 Å². The van der Waals surface area contributed by atoms with Gasteiger partial charge in [0.2, 0.25) is 0 Å². The minimum Gasteiger partial charge on any atom is -0.481 e. The van der Waals surface area contributed by atoms with Gasteiger partial charge in [0.25, 0.3) is 0 Å². The number of nitrogens with one attached hydrogen (secondary N) is 1. The van der Waals surface area contributed by atoms with Gasteiger partial charge in [-0.15, -0.1) is 0 Å². The van der Waals surface area contributed by atoms with Gasteiger partial charge in [-0.25, -0.2) is 0 Å². The average Bonchev–Trinajstić information content (AvgIpc) is 3.06. The number of methoxy groups -OCH3 is 1. The van der Waals surface area contributed by atoms with Gasteiger partial charge in [0.1, 0.15) is 0 Å². The summed E-state index contributed by atoms with van der Waals surface area (Å²) in [6.07, 6.45) is 6.48. The van der Waals surface area contributed by atoms with E-state index < -0.39 is 5.97 Å². The molecule has 5 unspecified atom stereocenters. The summed E-state index contributed by atoms with van der Waals surface area (Å²) in [5.41, 5.74) is -0.270. The Morgan fingerprint density at radius 2 is 2.14 bits per heavy atom. The molecule has 2 saturated heterocycles. The molecule has 2 bridgehead atoms. The fourth-order valence-electron chi connectivity index (χ4n) is 8.29. The summed E-state index contributed by atoms with van der Waals surface area (Å²) in [7, 11) is 4.13. The molecule has 0 aromatic rings. The van der Waals surface area contributed by atoms with Crippen molar-refractivity contribution in [1.29, 1.82) is 0 Å². The number of nitrogens with zero attached hydrogens (tertiary/aromatic N) is 1. The zero-order chi connectivity index (χ0) is 20.4. The quantitative estimate of drug-likeness (QED) is 0.570. The van der Waals surface area contributed by atoms with Crippen LogP contribution < -0.4 is 5.32 Å². The minimum absolute atomic E-state index is 0.0304. The van der Waals surface area contributed by atoms with E-state index in [1.165, 1.54) is 0 Å². The van der Waals surface area contributed by atoms with Crippen LogP contribution in [0.15, 0.2) is 0 Å². The monoisotopic (exact) mass is 408 g/mol. The molecule has 7 nitrogen and oxygen atoms in total. The van der Waals surface area contributed by atoms with E-state index in [0.29, 0.717) is 30.8 Å². The zero-order valence-corrected chi connectivity index (χ0v) is 17.7. The maximum Gasteiger partial charge on any atom is 0.303 e. The zero-order valence-electron chi connectivity index (χ0n) is 17.7. The highest BCUT2D eigenvalue weighted by Crippen LogP contribution is 2.70.